The number of rotatable bonds is 5. The van der Waals surface area contributed by atoms with Gasteiger partial charge >= 0.3 is 0 Å². The Bertz CT molecular complexity index is 1040. The Morgan fingerprint density at radius 3 is 2.48 bits per heavy atom. The van der Waals surface area contributed by atoms with E-state index in [1.807, 2.05) is 25.1 Å². The second-order valence-electron chi connectivity index (χ2n) is 7.24. The fraction of sp³-hybridized carbons (Fsp3) is 0.304. The Morgan fingerprint density at radius 1 is 1.03 bits per heavy atom. The number of para-hydroxylation sites is 1. The summed E-state index contributed by atoms with van der Waals surface area (Å²) in [4.78, 5) is 27.5. The highest BCUT2D eigenvalue weighted by atomic mass is 16.5. The van der Waals surface area contributed by atoms with Crippen LogP contribution in [-0.2, 0) is 4.74 Å². The normalized spacial score (nSPS) is 17.0. The molecule has 2 heterocycles. The van der Waals surface area contributed by atoms with Gasteiger partial charge in [-0.05, 0) is 24.6 Å². The predicted molar refractivity (Wildman–Crippen MR) is 111 cm³/mol. The zero-order valence-corrected chi connectivity index (χ0v) is 16.3. The minimum absolute atomic E-state index is 0.00349. The molecule has 1 amide bonds. The van der Waals surface area contributed by atoms with E-state index in [2.05, 4.69) is 22.3 Å². The van der Waals surface area contributed by atoms with E-state index in [9.17, 15) is 9.59 Å². The van der Waals surface area contributed by atoms with Gasteiger partial charge in [-0.15, -0.1) is 0 Å². The van der Waals surface area contributed by atoms with Crippen LogP contribution in [0.1, 0.15) is 29.1 Å². The largest absolute Gasteiger partial charge is 0.451 e. The first-order valence-electron chi connectivity index (χ1n) is 9.84. The smallest absolute Gasteiger partial charge is 0.287 e. The average Bonchev–Trinajstić information content (AvgIpc) is 2.75. The predicted octanol–water partition coefficient (Wildman–Crippen LogP) is 2.98. The number of fused-ring (bicyclic) bond motifs is 1. The highest BCUT2D eigenvalue weighted by Gasteiger charge is 2.29. The minimum atomic E-state index is -0.394. The molecule has 0 unspecified atom stereocenters. The molecule has 1 aliphatic rings. The zero-order chi connectivity index (χ0) is 20.2. The average molecular weight is 392 g/mol. The van der Waals surface area contributed by atoms with Crippen molar-refractivity contribution < 1.29 is 13.9 Å². The highest BCUT2D eigenvalue weighted by molar-refractivity contribution is 5.93. The highest BCUT2D eigenvalue weighted by Crippen LogP contribution is 2.25. The van der Waals surface area contributed by atoms with Crippen LogP contribution in [0.15, 0.2) is 69.9 Å². The van der Waals surface area contributed by atoms with Crippen molar-refractivity contribution in [2.24, 2.45) is 0 Å². The molecule has 1 saturated heterocycles. The van der Waals surface area contributed by atoms with Gasteiger partial charge in [-0.2, -0.15) is 0 Å². The number of amides is 1. The standard InChI is InChI=1S/C23H24N2O4/c1-16(22(17-7-3-2-4-8-17)25-11-13-28-14-12-25)24-23(27)21-15-19(26)18-9-5-6-10-20(18)29-21/h2-10,15-16,22H,11-14H2,1H3,(H,24,27)/t16-,22-/m0/s1. The first-order chi connectivity index (χ1) is 14.1. The van der Waals surface area contributed by atoms with E-state index in [1.165, 1.54) is 6.07 Å². The van der Waals surface area contributed by atoms with Crippen molar-refractivity contribution in [3.8, 4) is 0 Å². The molecule has 3 aromatic rings. The topological polar surface area (TPSA) is 71.8 Å². The molecular weight excluding hydrogens is 368 g/mol. The molecule has 6 heteroatoms. The zero-order valence-electron chi connectivity index (χ0n) is 16.3. The molecule has 0 spiro atoms. The van der Waals surface area contributed by atoms with E-state index in [-0.39, 0.29) is 23.3 Å². The van der Waals surface area contributed by atoms with Gasteiger partial charge in [0.15, 0.2) is 11.2 Å². The van der Waals surface area contributed by atoms with Crippen LogP contribution in [-0.4, -0.2) is 43.2 Å². The maximum atomic E-state index is 12.9. The molecule has 1 N–H and O–H groups in total. The minimum Gasteiger partial charge on any atom is -0.451 e. The van der Waals surface area contributed by atoms with Crippen molar-refractivity contribution >= 4 is 16.9 Å². The summed E-state index contributed by atoms with van der Waals surface area (Å²) in [6.07, 6.45) is 0. The molecule has 0 aliphatic carbocycles. The van der Waals surface area contributed by atoms with E-state index >= 15 is 0 Å². The molecule has 2 atom stereocenters. The summed E-state index contributed by atoms with van der Waals surface area (Å²) in [6.45, 7) is 4.91. The van der Waals surface area contributed by atoms with Crippen molar-refractivity contribution in [2.45, 2.75) is 19.0 Å². The second-order valence-corrected chi connectivity index (χ2v) is 7.24. The van der Waals surface area contributed by atoms with Crippen molar-refractivity contribution in [3.05, 3.63) is 82.2 Å². The summed E-state index contributed by atoms with van der Waals surface area (Å²) in [5.41, 5.74) is 1.31. The fourth-order valence-corrected chi connectivity index (χ4v) is 3.89. The SMILES string of the molecule is C[C@H](NC(=O)c1cc(=O)c2ccccc2o1)[C@@H](c1ccccc1)N1CCOCC1. The third-order valence-electron chi connectivity index (χ3n) is 5.27. The number of hydrogen-bond acceptors (Lipinski definition) is 5. The maximum Gasteiger partial charge on any atom is 0.287 e. The van der Waals surface area contributed by atoms with Crippen molar-refractivity contribution in [3.63, 3.8) is 0 Å². The molecule has 2 aromatic carbocycles. The maximum absolute atomic E-state index is 12.9. The molecule has 6 nitrogen and oxygen atoms in total. The monoisotopic (exact) mass is 392 g/mol. The number of nitrogens with zero attached hydrogens (tertiary/aromatic N) is 1. The number of benzene rings is 2. The number of hydrogen-bond donors (Lipinski definition) is 1. The fourth-order valence-electron chi connectivity index (χ4n) is 3.89. The van der Waals surface area contributed by atoms with Gasteiger partial charge in [-0.25, -0.2) is 0 Å². The molecule has 1 aliphatic heterocycles. The van der Waals surface area contributed by atoms with Crippen LogP contribution in [0.2, 0.25) is 0 Å². The lowest BCUT2D eigenvalue weighted by atomic mass is 9.98. The molecule has 0 saturated carbocycles. The third kappa shape index (κ3) is 4.23. The first-order valence-corrected chi connectivity index (χ1v) is 9.84. The second kappa shape index (κ2) is 8.59. The van der Waals surface area contributed by atoms with Gasteiger partial charge in [0.1, 0.15) is 5.58 Å². The van der Waals surface area contributed by atoms with Crippen LogP contribution < -0.4 is 10.7 Å². The van der Waals surface area contributed by atoms with Crippen LogP contribution in [0.3, 0.4) is 0 Å². The van der Waals surface area contributed by atoms with Crippen LogP contribution in [0.25, 0.3) is 11.0 Å². The van der Waals surface area contributed by atoms with Gasteiger partial charge in [-0.1, -0.05) is 42.5 Å². The van der Waals surface area contributed by atoms with E-state index in [0.29, 0.717) is 24.2 Å². The summed E-state index contributed by atoms with van der Waals surface area (Å²) in [7, 11) is 0. The van der Waals surface area contributed by atoms with Gasteiger partial charge in [0, 0.05) is 25.2 Å². The van der Waals surface area contributed by atoms with E-state index in [4.69, 9.17) is 9.15 Å². The number of morpholine rings is 1. The lowest BCUT2D eigenvalue weighted by molar-refractivity contribution is 0.00878. The molecular formula is C23H24N2O4. The lowest BCUT2D eigenvalue weighted by Crippen LogP contribution is -2.48. The molecule has 29 heavy (non-hydrogen) atoms. The molecule has 0 bridgehead atoms. The Kier molecular flexibility index (Phi) is 5.74. The Hall–Kier alpha value is -2.96. The number of carbonyl (C=O) groups excluding carboxylic acids is 1. The summed E-state index contributed by atoms with van der Waals surface area (Å²) in [5.74, 6) is -0.371. The quantitative estimate of drug-likeness (QED) is 0.723. The molecule has 0 radical (unpaired) electrons. The van der Waals surface area contributed by atoms with Crippen LogP contribution in [0.4, 0.5) is 0 Å². The third-order valence-corrected chi connectivity index (χ3v) is 5.27. The molecule has 1 aromatic heterocycles. The van der Waals surface area contributed by atoms with Crippen molar-refractivity contribution in [1.82, 2.24) is 10.2 Å². The van der Waals surface area contributed by atoms with Crippen LogP contribution in [0, 0.1) is 0 Å². The summed E-state index contributed by atoms with van der Waals surface area (Å²) in [6, 6.07) is 18.1. The van der Waals surface area contributed by atoms with Gasteiger partial charge < -0.3 is 14.5 Å². The Labute approximate surface area is 169 Å². The molecule has 4 rings (SSSR count). The van der Waals surface area contributed by atoms with Gasteiger partial charge in [0.05, 0.1) is 24.6 Å². The van der Waals surface area contributed by atoms with E-state index < -0.39 is 5.91 Å². The summed E-state index contributed by atoms with van der Waals surface area (Å²) >= 11 is 0. The van der Waals surface area contributed by atoms with Gasteiger partial charge in [0.25, 0.3) is 5.91 Å². The van der Waals surface area contributed by atoms with Crippen molar-refractivity contribution in [2.75, 3.05) is 26.3 Å². The number of carbonyl (C=O) groups is 1. The first kappa shape index (κ1) is 19.4. The number of nitrogens with one attached hydrogen (secondary N) is 1. The summed E-state index contributed by atoms with van der Waals surface area (Å²) < 4.78 is 11.2. The van der Waals surface area contributed by atoms with Gasteiger partial charge in [0.2, 0.25) is 0 Å². The van der Waals surface area contributed by atoms with Crippen molar-refractivity contribution in [1.29, 1.82) is 0 Å². The van der Waals surface area contributed by atoms with Gasteiger partial charge in [-0.3, -0.25) is 14.5 Å². The van der Waals surface area contributed by atoms with E-state index in [1.54, 1.807) is 24.3 Å². The molecule has 150 valence electrons. The Balaban J connectivity index is 1.59. The van der Waals surface area contributed by atoms with Crippen LogP contribution in [0.5, 0.6) is 0 Å². The molecule has 1 fully saturated rings. The van der Waals surface area contributed by atoms with Crippen LogP contribution >= 0.6 is 0 Å². The van der Waals surface area contributed by atoms with E-state index in [0.717, 1.165) is 18.7 Å². The lowest BCUT2D eigenvalue weighted by Gasteiger charge is -2.38. The summed E-state index contributed by atoms with van der Waals surface area (Å²) in [5, 5.41) is 3.50. The number of ether oxygens (including phenoxy) is 1. The Morgan fingerprint density at radius 2 is 1.72 bits per heavy atom.